The molecule has 0 radical (unpaired) electrons. The highest BCUT2D eigenvalue weighted by Crippen LogP contribution is 2.27. The minimum absolute atomic E-state index is 0. The van der Waals surface area contributed by atoms with Crippen LogP contribution in [0.25, 0.3) is 11.1 Å². The number of rotatable bonds is 6. The lowest BCUT2D eigenvalue weighted by atomic mass is 9.99. The molecule has 1 aromatic heterocycles. The fourth-order valence-corrected chi connectivity index (χ4v) is 2.96. The SMILES string of the molecule is CN(C)CC(=O)c1cccn1Cc1ccccc1-c1ccccc1F.Cl. The molecule has 0 spiro atoms. The molecule has 0 saturated heterocycles. The Bertz CT molecular complexity index is 889. The van der Waals surface area contributed by atoms with Crippen LogP contribution in [0.5, 0.6) is 0 Å². The van der Waals surface area contributed by atoms with Crippen molar-refractivity contribution < 1.29 is 9.18 Å². The van der Waals surface area contributed by atoms with Crippen LogP contribution in [0.3, 0.4) is 0 Å². The standard InChI is InChI=1S/C21H21FN2O.ClH/c1-23(2)15-21(25)20-12-7-13-24(20)14-16-8-3-4-9-17(16)18-10-5-6-11-19(18)22;/h3-13H,14-15H2,1-2H3;1H. The summed E-state index contributed by atoms with van der Waals surface area (Å²) in [6, 6.07) is 18.2. The van der Waals surface area contributed by atoms with Crippen LogP contribution in [0.4, 0.5) is 4.39 Å². The van der Waals surface area contributed by atoms with Crippen molar-refractivity contribution in [3.05, 3.63) is 83.9 Å². The predicted octanol–water partition coefficient (Wildman–Crippen LogP) is 4.51. The molecule has 0 atom stereocenters. The molecule has 0 aliphatic rings. The predicted molar refractivity (Wildman–Crippen MR) is 106 cm³/mol. The molecule has 3 nitrogen and oxygen atoms in total. The van der Waals surface area contributed by atoms with E-state index in [2.05, 4.69) is 0 Å². The number of hydrogen-bond acceptors (Lipinski definition) is 2. The fourth-order valence-electron chi connectivity index (χ4n) is 2.96. The highest BCUT2D eigenvalue weighted by Gasteiger charge is 2.14. The Kier molecular flexibility index (Phi) is 6.72. The summed E-state index contributed by atoms with van der Waals surface area (Å²) in [7, 11) is 3.75. The van der Waals surface area contributed by atoms with Crippen molar-refractivity contribution in [3.63, 3.8) is 0 Å². The van der Waals surface area contributed by atoms with E-state index in [-0.39, 0.29) is 24.0 Å². The smallest absolute Gasteiger partial charge is 0.193 e. The van der Waals surface area contributed by atoms with Crippen molar-refractivity contribution in [2.24, 2.45) is 0 Å². The maximum absolute atomic E-state index is 14.2. The molecule has 2 aromatic carbocycles. The molecule has 5 heteroatoms. The van der Waals surface area contributed by atoms with Gasteiger partial charge in [0.15, 0.2) is 5.78 Å². The van der Waals surface area contributed by atoms with Crippen molar-refractivity contribution in [1.82, 2.24) is 9.47 Å². The fraction of sp³-hybridized carbons (Fsp3) is 0.190. The topological polar surface area (TPSA) is 25.2 Å². The Labute approximate surface area is 159 Å². The number of carbonyl (C=O) groups is 1. The monoisotopic (exact) mass is 372 g/mol. The highest BCUT2D eigenvalue weighted by atomic mass is 35.5. The number of ketones is 1. The van der Waals surface area contributed by atoms with Crippen LogP contribution in [-0.4, -0.2) is 35.9 Å². The Morgan fingerprint density at radius 3 is 2.31 bits per heavy atom. The Balaban J connectivity index is 0.00000243. The van der Waals surface area contributed by atoms with Crippen molar-refractivity contribution in [3.8, 4) is 11.1 Å². The van der Waals surface area contributed by atoms with Crippen LogP contribution in [0.1, 0.15) is 16.1 Å². The molecule has 0 aliphatic heterocycles. The molecule has 3 aromatic rings. The van der Waals surface area contributed by atoms with Crippen LogP contribution in [0.15, 0.2) is 66.9 Å². The van der Waals surface area contributed by atoms with Gasteiger partial charge in [-0.1, -0.05) is 42.5 Å². The van der Waals surface area contributed by atoms with Gasteiger partial charge in [-0.15, -0.1) is 12.4 Å². The third-order valence-corrected chi connectivity index (χ3v) is 4.10. The zero-order chi connectivity index (χ0) is 17.8. The lowest BCUT2D eigenvalue weighted by Gasteiger charge is -2.14. The van der Waals surface area contributed by atoms with Gasteiger partial charge in [-0.3, -0.25) is 4.79 Å². The van der Waals surface area contributed by atoms with E-state index < -0.39 is 0 Å². The average Bonchev–Trinajstić information content (AvgIpc) is 3.04. The molecule has 0 saturated carbocycles. The maximum Gasteiger partial charge on any atom is 0.193 e. The minimum atomic E-state index is -0.244. The van der Waals surface area contributed by atoms with E-state index in [4.69, 9.17) is 0 Å². The number of aromatic nitrogens is 1. The molecule has 1 heterocycles. The third kappa shape index (κ3) is 4.40. The molecule has 26 heavy (non-hydrogen) atoms. The molecule has 0 unspecified atom stereocenters. The van der Waals surface area contributed by atoms with E-state index in [0.29, 0.717) is 24.3 Å². The minimum Gasteiger partial charge on any atom is -0.341 e. The maximum atomic E-state index is 14.2. The Hall–Kier alpha value is -2.43. The van der Waals surface area contributed by atoms with E-state index in [1.165, 1.54) is 6.07 Å². The summed E-state index contributed by atoms with van der Waals surface area (Å²) in [6.07, 6.45) is 1.89. The van der Waals surface area contributed by atoms with Crippen LogP contribution >= 0.6 is 12.4 Å². The van der Waals surface area contributed by atoms with Crippen molar-refractivity contribution >= 4 is 18.2 Å². The second-order valence-electron chi connectivity index (χ2n) is 6.32. The number of carbonyl (C=O) groups excluding carboxylic acids is 1. The van der Waals surface area contributed by atoms with Crippen LogP contribution in [-0.2, 0) is 6.54 Å². The van der Waals surface area contributed by atoms with Crippen LogP contribution < -0.4 is 0 Å². The van der Waals surface area contributed by atoms with Crippen molar-refractivity contribution in [2.75, 3.05) is 20.6 Å². The highest BCUT2D eigenvalue weighted by molar-refractivity contribution is 5.96. The third-order valence-electron chi connectivity index (χ3n) is 4.10. The lowest BCUT2D eigenvalue weighted by Crippen LogP contribution is -2.23. The first kappa shape index (κ1) is 19.9. The number of halogens is 2. The second-order valence-corrected chi connectivity index (χ2v) is 6.32. The first-order valence-electron chi connectivity index (χ1n) is 8.22. The molecule has 0 bridgehead atoms. The molecule has 0 N–H and O–H groups in total. The first-order valence-corrected chi connectivity index (χ1v) is 8.22. The molecule has 3 rings (SSSR count). The number of hydrogen-bond donors (Lipinski definition) is 0. The molecule has 0 amide bonds. The summed E-state index contributed by atoms with van der Waals surface area (Å²) in [4.78, 5) is 14.3. The summed E-state index contributed by atoms with van der Waals surface area (Å²) >= 11 is 0. The van der Waals surface area contributed by atoms with E-state index in [9.17, 15) is 9.18 Å². The summed E-state index contributed by atoms with van der Waals surface area (Å²) in [5.41, 5.74) is 3.06. The molecule has 0 fully saturated rings. The van der Waals surface area contributed by atoms with Gasteiger partial charge in [-0.05, 0) is 43.4 Å². The van der Waals surface area contributed by atoms with E-state index >= 15 is 0 Å². The van der Waals surface area contributed by atoms with Gasteiger partial charge in [-0.25, -0.2) is 4.39 Å². The largest absolute Gasteiger partial charge is 0.341 e. The van der Waals surface area contributed by atoms with Gasteiger partial charge in [0.05, 0.1) is 12.2 Å². The van der Waals surface area contributed by atoms with Gasteiger partial charge in [0.2, 0.25) is 0 Å². The van der Waals surface area contributed by atoms with E-state index in [0.717, 1.165) is 11.1 Å². The van der Waals surface area contributed by atoms with Gasteiger partial charge < -0.3 is 9.47 Å². The average molecular weight is 373 g/mol. The molecule has 136 valence electrons. The van der Waals surface area contributed by atoms with Gasteiger partial charge in [0, 0.05) is 18.3 Å². The van der Waals surface area contributed by atoms with Gasteiger partial charge in [-0.2, -0.15) is 0 Å². The zero-order valence-corrected chi connectivity index (χ0v) is 15.7. The van der Waals surface area contributed by atoms with E-state index in [1.54, 1.807) is 12.1 Å². The van der Waals surface area contributed by atoms with Crippen LogP contribution in [0, 0.1) is 5.82 Å². The number of likely N-dealkylation sites (N-methyl/N-ethyl adjacent to an activating group) is 1. The zero-order valence-electron chi connectivity index (χ0n) is 14.9. The molecular formula is C21H22ClFN2O. The quantitative estimate of drug-likeness (QED) is 0.595. The van der Waals surface area contributed by atoms with Crippen LogP contribution in [0.2, 0.25) is 0 Å². The normalized spacial score (nSPS) is 10.6. The first-order chi connectivity index (χ1) is 12.1. The number of nitrogens with zero attached hydrogens (tertiary/aromatic N) is 2. The van der Waals surface area contributed by atoms with E-state index in [1.807, 2.05) is 72.2 Å². The summed E-state index contributed by atoms with van der Waals surface area (Å²) < 4.78 is 16.1. The Morgan fingerprint density at radius 1 is 0.962 bits per heavy atom. The lowest BCUT2D eigenvalue weighted by molar-refractivity contribution is 0.0949. The van der Waals surface area contributed by atoms with Crippen molar-refractivity contribution in [2.45, 2.75) is 6.54 Å². The number of benzene rings is 2. The van der Waals surface area contributed by atoms with Gasteiger partial charge >= 0.3 is 0 Å². The molecule has 0 aliphatic carbocycles. The summed E-state index contributed by atoms with van der Waals surface area (Å²) in [5.74, 6) is -0.176. The van der Waals surface area contributed by atoms with Crippen molar-refractivity contribution in [1.29, 1.82) is 0 Å². The van der Waals surface area contributed by atoms with Gasteiger partial charge in [0.25, 0.3) is 0 Å². The second kappa shape index (κ2) is 8.79. The number of Topliss-reactive ketones (excluding diaryl/α,β-unsaturated/α-hetero) is 1. The summed E-state index contributed by atoms with van der Waals surface area (Å²) in [6.45, 7) is 0.880. The molecular weight excluding hydrogens is 351 g/mol. The summed E-state index contributed by atoms with van der Waals surface area (Å²) in [5, 5.41) is 0. The van der Waals surface area contributed by atoms with Gasteiger partial charge in [0.1, 0.15) is 5.82 Å². The Morgan fingerprint density at radius 2 is 1.62 bits per heavy atom.